The van der Waals surface area contributed by atoms with Crippen molar-refractivity contribution in [3.05, 3.63) is 85.7 Å². The highest BCUT2D eigenvalue weighted by Gasteiger charge is 2.27. The number of carbonyl (C=O) groups is 1. The van der Waals surface area contributed by atoms with Crippen LogP contribution in [0.25, 0.3) is 22.3 Å². The largest absolute Gasteiger partial charge is 0.494 e. The van der Waals surface area contributed by atoms with E-state index in [0.29, 0.717) is 28.9 Å². The predicted molar refractivity (Wildman–Crippen MR) is 175 cm³/mol. The minimum absolute atomic E-state index is 0.0300. The minimum Gasteiger partial charge on any atom is -0.494 e. The van der Waals surface area contributed by atoms with Crippen LogP contribution in [0.3, 0.4) is 0 Å². The summed E-state index contributed by atoms with van der Waals surface area (Å²) in [6, 6.07) is 13.6. The zero-order chi connectivity index (χ0) is 33.5. The Balaban J connectivity index is 1.91. The maximum absolute atomic E-state index is 13.9. The molecule has 0 saturated heterocycles. The first-order chi connectivity index (χ1) is 22.0. The molecule has 0 radical (unpaired) electrons. The van der Waals surface area contributed by atoms with Gasteiger partial charge in [0.25, 0.3) is 5.56 Å². The third-order valence-corrected chi connectivity index (χ3v) is 7.06. The predicted octanol–water partition coefficient (Wildman–Crippen LogP) is 6.41. The van der Waals surface area contributed by atoms with Gasteiger partial charge in [-0.05, 0) is 82.0 Å². The number of fused-ring (bicyclic) bond motifs is 1. The number of hydrogen-bond acceptors (Lipinski definition) is 10. The molecule has 0 N–H and O–H groups in total. The average Bonchev–Trinajstić information content (AvgIpc) is 3.01. The van der Waals surface area contributed by atoms with Crippen molar-refractivity contribution in [3.8, 4) is 28.6 Å². The highest BCUT2D eigenvalue weighted by molar-refractivity contribution is 5.85. The molecule has 12 nitrogen and oxygen atoms in total. The Morgan fingerprint density at radius 3 is 2.37 bits per heavy atom. The molecule has 0 amide bonds. The number of nitrogens with zero attached hydrogens (tertiary/aromatic N) is 4. The summed E-state index contributed by atoms with van der Waals surface area (Å²) in [5.74, 6) is 0.307. The number of hydrogen-bond donors (Lipinski definition) is 0. The number of para-hydroxylation sites is 1. The van der Waals surface area contributed by atoms with Gasteiger partial charge >= 0.3 is 11.7 Å². The summed E-state index contributed by atoms with van der Waals surface area (Å²) in [6.45, 7) is 13.5. The molecule has 12 heteroatoms. The van der Waals surface area contributed by atoms with Crippen LogP contribution in [0.4, 0.5) is 5.69 Å². The van der Waals surface area contributed by atoms with Gasteiger partial charge in [-0.15, -0.1) is 0 Å². The Kier molecular flexibility index (Phi) is 10.7. The van der Waals surface area contributed by atoms with Crippen molar-refractivity contribution in [2.75, 3.05) is 19.8 Å². The van der Waals surface area contributed by atoms with E-state index in [1.54, 1.807) is 38.1 Å². The molecule has 242 valence electrons. The molecule has 0 aliphatic carbocycles. The summed E-state index contributed by atoms with van der Waals surface area (Å²) in [4.78, 5) is 42.4. The first kappa shape index (κ1) is 33.6. The van der Waals surface area contributed by atoms with E-state index in [2.05, 4.69) is 18.9 Å². The fourth-order valence-electron chi connectivity index (χ4n) is 4.88. The summed E-state index contributed by atoms with van der Waals surface area (Å²) >= 11 is 0. The first-order valence-electron chi connectivity index (χ1n) is 15.1. The number of nitro benzene ring substituents is 1. The fraction of sp³-hybridized carbons (Fsp3) is 0.353. The number of nitro groups is 1. The van der Waals surface area contributed by atoms with E-state index in [9.17, 15) is 19.7 Å². The van der Waals surface area contributed by atoms with Crippen molar-refractivity contribution in [1.82, 2.24) is 9.66 Å². The molecule has 0 aliphatic heterocycles. The molecule has 4 aromatic rings. The van der Waals surface area contributed by atoms with Gasteiger partial charge < -0.3 is 18.9 Å². The fourth-order valence-corrected chi connectivity index (χ4v) is 4.88. The molecule has 4 rings (SSSR count). The van der Waals surface area contributed by atoms with Gasteiger partial charge in [-0.1, -0.05) is 26.0 Å². The molecular formula is C34H38N4O8. The Morgan fingerprint density at radius 2 is 1.72 bits per heavy atom. The quantitative estimate of drug-likeness (QED) is 0.0708. The second kappa shape index (κ2) is 14.7. The van der Waals surface area contributed by atoms with Crippen molar-refractivity contribution >= 4 is 28.8 Å². The number of carbonyl (C=O) groups excluding carboxylic acids is 1. The zero-order valence-electron chi connectivity index (χ0n) is 27.0. The van der Waals surface area contributed by atoms with Gasteiger partial charge in [-0.2, -0.15) is 9.78 Å². The Morgan fingerprint density at radius 1 is 1.02 bits per heavy atom. The molecule has 0 fully saturated rings. The molecule has 0 aliphatic rings. The van der Waals surface area contributed by atoms with Gasteiger partial charge in [-0.3, -0.25) is 14.9 Å². The van der Waals surface area contributed by atoms with E-state index in [0.717, 1.165) is 16.9 Å². The average molecular weight is 631 g/mol. The van der Waals surface area contributed by atoms with Crippen LogP contribution in [0.15, 0.2) is 58.4 Å². The monoisotopic (exact) mass is 630 g/mol. The van der Waals surface area contributed by atoms with Crippen molar-refractivity contribution in [1.29, 1.82) is 0 Å². The highest BCUT2D eigenvalue weighted by Crippen LogP contribution is 2.39. The third kappa shape index (κ3) is 7.17. The number of aryl methyl sites for hydroxylation is 1. The van der Waals surface area contributed by atoms with E-state index in [1.165, 1.54) is 29.9 Å². The molecule has 0 unspecified atom stereocenters. The smallest absolute Gasteiger partial charge is 0.347 e. The van der Waals surface area contributed by atoms with Crippen LogP contribution in [-0.2, 0) is 9.53 Å². The van der Waals surface area contributed by atoms with Gasteiger partial charge in [-0.25, -0.2) is 9.78 Å². The molecule has 0 spiro atoms. The van der Waals surface area contributed by atoms with E-state index >= 15 is 0 Å². The molecule has 46 heavy (non-hydrogen) atoms. The van der Waals surface area contributed by atoms with Crippen LogP contribution >= 0.6 is 0 Å². The number of ether oxygens (including phenoxy) is 4. The lowest BCUT2D eigenvalue weighted by atomic mass is 9.96. The number of benzene rings is 3. The topological polar surface area (TPSA) is 144 Å². The van der Waals surface area contributed by atoms with Gasteiger partial charge in [0.2, 0.25) is 5.75 Å². The van der Waals surface area contributed by atoms with E-state index in [4.69, 9.17) is 23.9 Å². The van der Waals surface area contributed by atoms with Gasteiger partial charge in [0.1, 0.15) is 5.75 Å². The second-order valence-electron chi connectivity index (χ2n) is 10.7. The zero-order valence-corrected chi connectivity index (χ0v) is 27.0. The van der Waals surface area contributed by atoms with Crippen molar-refractivity contribution < 1.29 is 28.7 Å². The number of rotatable bonds is 13. The molecule has 0 saturated carbocycles. The first-order valence-corrected chi connectivity index (χ1v) is 15.1. The molecule has 1 heterocycles. The van der Waals surface area contributed by atoms with E-state index < -0.39 is 28.2 Å². The number of esters is 1. The lowest BCUT2D eigenvalue weighted by molar-refractivity contribution is -0.386. The Labute approximate surface area is 266 Å². The lowest BCUT2D eigenvalue weighted by Gasteiger charge is -2.18. The molecule has 1 aromatic heterocycles. The summed E-state index contributed by atoms with van der Waals surface area (Å²) in [5, 5.41) is 17.0. The van der Waals surface area contributed by atoms with Crippen LogP contribution in [-0.4, -0.2) is 52.7 Å². The molecule has 3 aromatic carbocycles. The van der Waals surface area contributed by atoms with Crippen LogP contribution in [0.1, 0.15) is 64.2 Å². The standard InChI is InChI=1S/C34H38N4O8/c1-8-43-29-15-21(6)26(18-25(29)20(4)5)32-36-27-14-12-11-13-24(27)33(39)37(32)35-19-23-16-28(38(41)42)31(30(17-23)44-9-2)46-22(7)34(40)45-10-3/h11-20,22H,8-10H2,1-7H3/t22-/m0/s1. The van der Waals surface area contributed by atoms with E-state index in [1.807, 2.05) is 26.0 Å². The van der Waals surface area contributed by atoms with E-state index in [-0.39, 0.29) is 36.2 Å². The third-order valence-electron chi connectivity index (χ3n) is 7.06. The van der Waals surface area contributed by atoms with Crippen LogP contribution < -0.4 is 19.8 Å². The maximum atomic E-state index is 13.9. The molecule has 0 bridgehead atoms. The summed E-state index contributed by atoms with van der Waals surface area (Å²) < 4.78 is 23.4. The minimum atomic E-state index is -1.13. The summed E-state index contributed by atoms with van der Waals surface area (Å²) in [7, 11) is 0. The second-order valence-corrected chi connectivity index (χ2v) is 10.7. The van der Waals surface area contributed by atoms with Crippen LogP contribution in [0, 0.1) is 17.0 Å². The molecular weight excluding hydrogens is 592 g/mol. The maximum Gasteiger partial charge on any atom is 0.347 e. The van der Waals surface area contributed by atoms with Crippen molar-refractivity contribution in [2.45, 2.75) is 60.5 Å². The lowest BCUT2D eigenvalue weighted by Crippen LogP contribution is -2.26. The van der Waals surface area contributed by atoms with Gasteiger partial charge in [0.05, 0.1) is 41.9 Å². The van der Waals surface area contributed by atoms with Crippen molar-refractivity contribution in [2.24, 2.45) is 5.10 Å². The normalized spacial score (nSPS) is 12.0. The Hall–Kier alpha value is -5.26. The highest BCUT2D eigenvalue weighted by atomic mass is 16.6. The van der Waals surface area contributed by atoms with Gasteiger partial charge in [0.15, 0.2) is 17.7 Å². The van der Waals surface area contributed by atoms with Gasteiger partial charge in [0, 0.05) is 17.2 Å². The van der Waals surface area contributed by atoms with Crippen LogP contribution in [0.2, 0.25) is 0 Å². The Bertz CT molecular complexity index is 1850. The molecule has 1 atom stereocenters. The summed E-state index contributed by atoms with van der Waals surface area (Å²) in [5.41, 5.74) is 2.35. The number of aromatic nitrogens is 2. The van der Waals surface area contributed by atoms with Crippen molar-refractivity contribution in [3.63, 3.8) is 0 Å². The SMILES string of the molecule is CCOC(=O)[C@H](C)Oc1c(OCC)cc(C=Nn2c(-c3cc(C(C)C)c(OCC)cc3C)nc3ccccc3c2=O)cc1[N+](=O)[O-]. The van der Waals surface area contributed by atoms with Crippen LogP contribution in [0.5, 0.6) is 17.2 Å². The summed E-state index contributed by atoms with van der Waals surface area (Å²) in [6.07, 6.45) is 0.193.